The van der Waals surface area contributed by atoms with Gasteiger partial charge in [0.25, 0.3) is 5.91 Å². The molecule has 3 aliphatic rings. The van der Waals surface area contributed by atoms with Crippen LogP contribution >= 0.6 is 0 Å². The van der Waals surface area contributed by atoms with Crippen molar-refractivity contribution < 1.29 is 9.53 Å². The number of ether oxygens (including phenoxy) is 1. The predicted octanol–water partition coefficient (Wildman–Crippen LogP) is 3.23. The Labute approximate surface area is 166 Å². The van der Waals surface area contributed by atoms with Crippen LogP contribution in [0.1, 0.15) is 40.2 Å². The van der Waals surface area contributed by atoms with Crippen LogP contribution in [0.2, 0.25) is 0 Å². The van der Waals surface area contributed by atoms with Crippen molar-refractivity contribution in [3.05, 3.63) is 59.2 Å². The normalized spacial score (nSPS) is 25.5. The Morgan fingerprint density at radius 1 is 1.18 bits per heavy atom. The Hall–Kier alpha value is -2.53. The number of amides is 1. The second kappa shape index (κ2) is 7.13. The second-order valence-corrected chi connectivity index (χ2v) is 8.11. The second-order valence-electron chi connectivity index (χ2n) is 8.11. The van der Waals surface area contributed by atoms with Crippen molar-refractivity contribution in [1.82, 2.24) is 10.2 Å². The van der Waals surface area contributed by atoms with Gasteiger partial charge in [-0.05, 0) is 61.1 Å². The third-order valence-corrected chi connectivity index (χ3v) is 6.71. The predicted molar refractivity (Wildman–Crippen MR) is 110 cm³/mol. The standard InChI is InChI=1S/C23H27N3O2/c1-28-21-8-4-6-17-16(21)10-9-15-13-24-20(22(15)17)11-12-26-14-25-19-7-3-2-5-18(19)23(26)27/h2-8,15,20,22,24-25H,9-14H2,1H3/t15-,20?,22+/m0/s1. The molecular weight excluding hydrogens is 350 g/mol. The van der Waals surface area contributed by atoms with E-state index >= 15 is 0 Å². The summed E-state index contributed by atoms with van der Waals surface area (Å²) in [6.07, 6.45) is 3.27. The molecule has 2 N–H and O–H groups in total. The number of nitrogens with one attached hydrogen (secondary N) is 2. The summed E-state index contributed by atoms with van der Waals surface area (Å²) in [5.41, 5.74) is 4.54. The number of methoxy groups -OCH3 is 1. The molecule has 2 heterocycles. The van der Waals surface area contributed by atoms with Gasteiger partial charge < -0.3 is 20.3 Å². The summed E-state index contributed by atoms with van der Waals surface area (Å²) in [5, 5.41) is 7.13. The summed E-state index contributed by atoms with van der Waals surface area (Å²) in [6.45, 7) is 2.42. The van der Waals surface area contributed by atoms with E-state index in [1.165, 1.54) is 17.5 Å². The van der Waals surface area contributed by atoms with Crippen LogP contribution in [0.5, 0.6) is 5.75 Å². The van der Waals surface area contributed by atoms with Crippen molar-refractivity contribution >= 4 is 11.6 Å². The lowest BCUT2D eigenvalue weighted by Crippen LogP contribution is -2.42. The van der Waals surface area contributed by atoms with Gasteiger partial charge in [-0.1, -0.05) is 24.3 Å². The maximum absolute atomic E-state index is 12.8. The van der Waals surface area contributed by atoms with Crippen molar-refractivity contribution in [2.24, 2.45) is 5.92 Å². The molecule has 0 bridgehead atoms. The van der Waals surface area contributed by atoms with Gasteiger partial charge in [0.2, 0.25) is 0 Å². The highest BCUT2D eigenvalue weighted by molar-refractivity contribution is 6.01. The summed E-state index contributed by atoms with van der Waals surface area (Å²) < 4.78 is 5.62. The summed E-state index contributed by atoms with van der Waals surface area (Å²) in [6, 6.07) is 14.6. The maximum atomic E-state index is 12.8. The van der Waals surface area contributed by atoms with Crippen molar-refractivity contribution in [3.63, 3.8) is 0 Å². The molecule has 0 saturated carbocycles. The lowest BCUT2D eigenvalue weighted by atomic mass is 9.73. The fraction of sp³-hybridized carbons (Fsp3) is 0.435. The van der Waals surface area contributed by atoms with Crippen LogP contribution in [-0.2, 0) is 6.42 Å². The van der Waals surface area contributed by atoms with E-state index in [0.29, 0.717) is 24.5 Å². The Kier molecular flexibility index (Phi) is 4.47. The minimum atomic E-state index is 0.134. The van der Waals surface area contributed by atoms with E-state index in [4.69, 9.17) is 4.74 Å². The Bertz CT molecular complexity index is 897. The zero-order chi connectivity index (χ0) is 19.1. The maximum Gasteiger partial charge on any atom is 0.257 e. The summed E-state index contributed by atoms with van der Waals surface area (Å²) in [5.74, 6) is 2.35. The number of carbonyl (C=O) groups excluding carboxylic acids is 1. The van der Waals surface area contributed by atoms with E-state index in [-0.39, 0.29) is 5.91 Å². The molecule has 1 saturated heterocycles. The first-order valence-corrected chi connectivity index (χ1v) is 10.3. The average Bonchev–Trinajstić information content (AvgIpc) is 3.16. The lowest BCUT2D eigenvalue weighted by molar-refractivity contribution is 0.0751. The Morgan fingerprint density at radius 3 is 2.96 bits per heavy atom. The first kappa shape index (κ1) is 17.6. The van der Waals surface area contributed by atoms with E-state index in [9.17, 15) is 4.79 Å². The molecule has 2 aliphatic heterocycles. The van der Waals surface area contributed by atoms with Gasteiger partial charge in [0, 0.05) is 24.2 Å². The molecule has 3 atom stereocenters. The fourth-order valence-corrected chi connectivity index (χ4v) is 5.32. The number of anilines is 1. The Morgan fingerprint density at radius 2 is 2.07 bits per heavy atom. The number of fused-ring (bicyclic) bond motifs is 4. The molecule has 5 rings (SSSR count). The lowest BCUT2D eigenvalue weighted by Gasteiger charge is -2.34. The van der Waals surface area contributed by atoms with Crippen LogP contribution in [0.25, 0.3) is 0 Å². The third kappa shape index (κ3) is 2.85. The van der Waals surface area contributed by atoms with E-state index in [0.717, 1.165) is 42.9 Å². The number of rotatable bonds is 4. The van der Waals surface area contributed by atoms with Gasteiger partial charge >= 0.3 is 0 Å². The number of nitrogens with zero attached hydrogens (tertiary/aromatic N) is 1. The first-order valence-electron chi connectivity index (χ1n) is 10.3. The molecule has 0 spiro atoms. The number of hydrogen-bond donors (Lipinski definition) is 2. The SMILES string of the molecule is COc1cccc2c1CC[C@H]1CNC(CCN3CNc4ccccc4C3=O)[C@@H]21. The van der Waals surface area contributed by atoms with Crippen LogP contribution in [-0.4, -0.2) is 43.7 Å². The van der Waals surface area contributed by atoms with Crippen LogP contribution in [0, 0.1) is 5.92 Å². The smallest absolute Gasteiger partial charge is 0.257 e. The molecule has 1 aliphatic carbocycles. The van der Waals surface area contributed by atoms with Gasteiger partial charge in [-0.3, -0.25) is 4.79 Å². The molecule has 1 unspecified atom stereocenters. The van der Waals surface area contributed by atoms with Crippen molar-refractivity contribution in [3.8, 4) is 5.75 Å². The van der Waals surface area contributed by atoms with Gasteiger partial charge in [0.05, 0.1) is 19.3 Å². The number of benzene rings is 2. The van der Waals surface area contributed by atoms with Gasteiger partial charge in [0.1, 0.15) is 5.75 Å². The van der Waals surface area contributed by atoms with Crippen LogP contribution in [0.15, 0.2) is 42.5 Å². The highest BCUT2D eigenvalue weighted by Gasteiger charge is 2.41. The summed E-state index contributed by atoms with van der Waals surface area (Å²) in [7, 11) is 1.76. The molecule has 2 aromatic rings. The monoisotopic (exact) mass is 377 g/mol. The number of carbonyl (C=O) groups is 1. The largest absolute Gasteiger partial charge is 0.496 e. The zero-order valence-electron chi connectivity index (χ0n) is 16.3. The fourth-order valence-electron chi connectivity index (χ4n) is 5.32. The number of hydrogen-bond acceptors (Lipinski definition) is 4. The van der Waals surface area contributed by atoms with E-state index in [2.05, 4.69) is 28.8 Å². The van der Waals surface area contributed by atoms with Crippen molar-refractivity contribution in [2.75, 3.05) is 32.2 Å². The van der Waals surface area contributed by atoms with Crippen molar-refractivity contribution in [1.29, 1.82) is 0 Å². The van der Waals surface area contributed by atoms with Gasteiger partial charge in [-0.25, -0.2) is 0 Å². The van der Waals surface area contributed by atoms with Crippen LogP contribution in [0.4, 0.5) is 5.69 Å². The number of para-hydroxylation sites is 1. The highest BCUT2D eigenvalue weighted by atomic mass is 16.5. The molecule has 146 valence electrons. The van der Waals surface area contributed by atoms with E-state index < -0.39 is 0 Å². The average molecular weight is 377 g/mol. The minimum absolute atomic E-state index is 0.134. The molecular formula is C23H27N3O2. The third-order valence-electron chi connectivity index (χ3n) is 6.71. The molecule has 0 radical (unpaired) electrons. The zero-order valence-corrected chi connectivity index (χ0v) is 16.3. The van der Waals surface area contributed by atoms with Gasteiger partial charge in [-0.15, -0.1) is 0 Å². The van der Waals surface area contributed by atoms with Crippen molar-refractivity contribution in [2.45, 2.75) is 31.2 Å². The Balaban J connectivity index is 1.32. The van der Waals surface area contributed by atoms with E-state index in [1.54, 1.807) is 7.11 Å². The quantitative estimate of drug-likeness (QED) is 0.859. The molecule has 0 aromatic heterocycles. The molecule has 2 aromatic carbocycles. The summed E-state index contributed by atoms with van der Waals surface area (Å²) >= 11 is 0. The molecule has 5 heteroatoms. The minimum Gasteiger partial charge on any atom is -0.496 e. The molecule has 1 amide bonds. The van der Waals surface area contributed by atoms with Gasteiger partial charge in [-0.2, -0.15) is 0 Å². The molecule has 1 fully saturated rings. The first-order chi connectivity index (χ1) is 13.8. The van der Waals surface area contributed by atoms with E-state index in [1.807, 2.05) is 29.2 Å². The van der Waals surface area contributed by atoms with Crippen LogP contribution in [0.3, 0.4) is 0 Å². The molecule has 28 heavy (non-hydrogen) atoms. The summed E-state index contributed by atoms with van der Waals surface area (Å²) in [4.78, 5) is 14.8. The highest BCUT2D eigenvalue weighted by Crippen LogP contribution is 2.45. The molecule has 5 nitrogen and oxygen atoms in total. The van der Waals surface area contributed by atoms with Crippen LogP contribution < -0.4 is 15.4 Å². The van der Waals surface area contributed by atoms with Gasteiger partial charge in [0.15, 0.2) is 0 Å². The topological polar surface area (TPSA) is 53.6 Å².